The number of carbonyl (C=O) groups excluding carboxylic acids is 3. The lowest BCUT2D eigenvalue weighted by atomic mass is 9.47. The van der Waals surface area contributed by atoms with Gasteiger partial charge < -0.3 is 14.9 Å². The summed E-state index contributed by atoms with van der Waals surface area (Å²) in [5.74, 6) is -1.88. The zero-order chi connectivity index (χ0) is 25.2. The highest BCUT2D eigenvalue weighted by atomic mass is 16.6. The quantitative estimate of drug-likeness (QED) is 0.646. The summed E-state index contributed by atoms with van der Waals surface area (Å²) in [5, 5.41) is 21.6. The smallest absolute Gasteiger partial charge is 0.339 e. The number of aliphatic hydroxyl groups excluding tert-OH is 2. The van der Waals surface area contributed by atoms with E-state index in [4.69, 9.17) is 4.74 Å². The lowest BCUT2D eigenvalue weighted by Crippen LogP contribution is -2.63. The van der Waals surface area contributed by atoms with Crippen molar-refractivity contribution in [1.82, 2.24) is 0 Å². The highest BCUT2D eigenvalue weighted by Crippen LogP contribution is 2.68. The van der Waals surface area contributed by atoms with Gasteiger partial charge in [-0.3, -0.25) is 9.59 Å². The first-order chi connectivity index (χ1) is 16.6. The Morgan fingerprint density at radius 2 is 1.86 bits per heavy atom. The summed E-state index contributed by atoms with van der Waals surface area (Å²) < 4.78 is 6.14. The van der Waals surface area contributed by atoms with Crippen LogP contribution in [0.3, 0.4) is 0 Å². The zero-order valence-corrected chi connectivity index (χ0v) is 20.3. The average molecular weight is 477 g/mol. The summed E-state index contributed by atoms with van der Waals surface area (Å²) in [4.78, 5) is 38.7. The number of hydrogen-bond acceptors (Lipinski definition) is 6. The highest BCUT2D eigenvalue weighted by molar-refractivity contribution is 6.01. The first-order valence-electron chi connectivity index (χ1n) is 12.3. The summed E-state index contributed by atoms with van der Waals surface area (Å²) >= 11 is 0. The average Bonchev–Trinajstić information content (AvgIpc) is 3.06. The lowest BCUT2D eigenvalue weighted by molar-refractivity contribution is -0.179. The maximum Gasteiger partial charge on any atom is 0.339 e. The molecule has 1 aromatic rings. The Balaban J connectivity index is 1.60. The van der Waals surface area contributed by atoms with Gasteiger partial charge in [-0.25, -0.2) is 4.79 Å². The second-order valence-electron chi connectivity index (χ2n) is 11.1. The van der Waals surface area contributed by atoms with Crippen LogP contribution in [0.4, 0.5) is 0 Å². The maximum absolute atomic E-state index is 13.5. The maximum atomic E-state index is 13.5. The number of ketones is 2. The van der Waals surface area contributed by atoms with Crippen molar-refractivity contribution in [3.8, 4) is 0 Å². The fourth-order valence-corrected chi connectivity index (χ4v) is 7.87. The number of ether oxygens (including phenoxy) is 1. The van der Waals surface area contributed by atoms with Crippen molar-refractivity contribution >= 4 is 17.5 Å². The molecular weight excluding hydrogens is 444 g/mol. The van der Waals surface area contributed by atoms with Gasteiger partial charge in [-0.2, -0.15) is 0 Å². The predicted molar refractivity (Wildman–Crippen MR) is 129 cm³/mol. The fraction of sp³-hybridized carbons (Fsp3) is 0.483. The van der Waals surface area contributed by atoms with Crippen LogP contribution in [0.5, 0.6) is 0 Å². The molecule has 0 bridgehead atoms. The SMILES string of the molecule is CC1C[C@H]2[C@@H]3C=CC4=CC(=O)C=C[C@]4(C)[C@H]3C(O)C[C@]2(C)[C@@]1(OC(=O)c1ccccc1)C(=O)CO. The van der Waals surface area contributed by atoms with Gasteiger partial charge in [0.2, 0.25) is 5.78 Å². The van der Waals surface area contributed by atoms with Gasteiger partial charge in [-0.1, -0.05) is 57.2 Å². The van der Waals surface area contributed by atoms with Crippen LogP contribution < -0.4 is 0 Å². The number of hydrogen-bond donors (Lipinski definition) is 2. The molecule has 1 aromatic carbocycles. The van der Waals surface area contributed by atoms with E-state index in [1.165, 1.54) is 0 Å². The summed E-state index contributed by atoms with van der Waals surface area (Å²) in [6.45, 7) is 5.13. The van der Waals surface area contributed by atoms with E-state index in [1.54, 1.807) is 42.5 Å². The normalized spacial score (nSPS) is 41.5. The molecule has 0 heterocycles. The first kappa shape index (κ1) is 23.9. The third kappa shape index (κ3) is 3.19. The topological polar surface area (TPSA) is 101 Å². The third-order valence-electron chi connectivity index (χ3n) is 9.42. The summed E-state index contributed by atoms with van der Waals surface area (Å²) in [6, 6.07) is 8.54. The number of benzene rings is 1. The van der Waals surface area contributed by atoms with Crippen LogP contribution in [0, 0.1) is 34.5 Å². The molecule has 2 unspecified atom stereocenters. The minimum absolute atomic E-state index is 0.0642. The Morgan fingerprint density at radius 1 is 1.14 bits per heavy atom. The largest absolute Gasteiger partial charge is 0.446 e. The van der Waals surface area contributed by atoms with Crippen LogP contribution in [-0.4, -0.2) is 46.1 Å². The number of carbonyl (C=O) groups is 3. The Bertz CT molecular complexity index is 1160. The van der Waals surface area contributed by atoms with Gasteiger partial charge in [-0.15, -0.1) is 0 Å². The Hall–Kier alpha value is -2.83. The standard InChI is InChI=1S/C29H32O6/c1-17-13-22-21-10-9-19-14-20(31)11-12-27(19,2)25(21)23(32)15-28(22,3)29(17,24(33)16-30)35-26(34)18-7-5-4-6-8-18/h4-12,14,17,21-23,25,30,32H,13,15-16H2,1-3H3/t17?,21-,22-,23?,25+,27-,28-,29-/m0/s1. The fourth-order valence-electron chi connectivity index (χ4n) is 7.87. The van der Waals surface area contributed by atoms with Crippen LogP contribution in [0.25, 0.3) is 0 Å². The van der Waals surface area contributed by atoms with Crippen molar-refractivity contribution < 1.29 is 29.3 Å². The van der Waals surface area contributed by atoms with E-state index >= 15 is 0 Å². The second-order valence-corrected chi connectivity index (χ2v) is 11.1. The molecule has 8 atom stereocenters. The highest BCUT2D eigenvalue weighted by Gasteiger charge is 2.72. The molecule has 6 heteroatoms. The molecule has 0 amide bonds. The Labute approximate surface area is 205 Å². The van der Waals surface area contributed by atoms with E-state index in [9.17, 15) is 24.6 Å². The summed E-state index contributed by atoms with van der Waals surface area (Å²) in [6.07, 6.45) is 9.18. The molecule has 184 valence electrons. The van der Waals surface area contributed by atoms with Crippen LogP contribution in [0.15, 0.2) is 66.3 Å². The first-order valence-corrected chi connectivity index (χ1v) is 12.3. The minimum atomic E-state index is -1.56. The number of allylic oxidation sites excluding steroid dienone is 6. The van der Waals surface area contributed by atoms with E-state index in [0.717, 1.165) is 5.57 Å². The number of esters is 1. The molecular formula is C29H32O6. The number of Topliss-reactive ketones (excluding diaryl/α,β-unsaturated/α-hetero) is 1. The van der Waals surface area contributed by atoms with E-state index in [1.807, 2.05) is 26.0 Å². The van der Waals surface area contributed by atoms with Crippen molar-refractivity contribution in [2.75, 3.05) is 6.61 Å². The van der Waals surface area contributed by atoms with Crippen LogP contribution in [-0.2, 0) is 14.3 Å². The van der Waals surface area contributed by atoms with Crippen molar-refractivity contribution in [1.29, 1.82) is 0 Å². The van der Waals surface area contributed by atoms with Gasteiger partial charge in [0.25, 0.3) is 0 Å². The molecule has 0 aromatic heterocycles. The number of fused-ring (bicyclic) bond motifs is 5. The molecule has 6 nitrogen and oxygen atoms in total. The lowest BCUT2D eigenvalue weighted by Gasteiger charge is -2.58. The third-order valence-corrected chi connectivity index (χ3v) is 9.42. The van der Waals surface area contributed by atoms with E-state index in [-0.39, 0.29) is 35.9 Å². The van der Waals surface area contributed by atoms with Crippen LogP contribution in [0.2, 0.25) is 0 Å². The minimum Gasteiger partial charge on any atom is -0.446 e. The molecule has 0 saturated heterocycles. The Kier molecular flexibility index (Phi) is 5.53. The second kappa shape index (κ2) is 8.10. The van der Waals surface area contributed by atoms with Gasteiger partial charge in [0.15, 0.2) is 11.4 Å². The zero-order valence-electron chi connectivity index (χ0n) is 20.3. The van der Waals surface area contributed by atoms with Crippen molar-refractivity contribution in [2.45, 2.75) is 45.3 Å². The van der Waals surface area contributed by atoms with E-state index in [2.05, 4.69) is 13.0 Å². The summed E-state index contributed by atoms with van der Waals surface area (Å²) in [5.41, 5.74) is -1.73. The molecule has 2 saturated carbocycles. The molecule has 35 heavy (non-hydrogen) atoms. The van der Waals surface area contributed by atoms with Crippen molar-refractivity contribution in [3.63, 3.8) is 0 Å². The van der Waals surface area contributed by atoms with E-state index < -0.39 is 40.9 Å². The monoisotopic (exact) mass is 476 g/mol. The van der Waals surface area contributed by atoms with Crippen molar-refractivity contribution in [2.24, 2.45) is 34.5 Å². The molecule has 0 aliphatic heterocycles. The van der Waals surface area contributed by atoms with Crippen LogP contribution >= 0.6 is 0 Å². The van der Waals surface area contributed by atoms with Gasteiger partial charge in [-0.05, 0) is 54.5 Å². The molecule has 0 spiro atoms. The molecule has 5 rings (SSSR count). The molecule has 2 N–H and O–H groups in total. The van der Waals surface area contributed by atoms with Gasteiger partial charge in [0, 0.05) is 22.7 Å². The van der Waals surface area contributed by atoms with Gasteiger partial charge >= 0.3 is 5.97 Å². The molecule has 0 radical (unpaired) electrons. The van der Waals surface area contributed by atoms with Crippen LogP contribution in [0.1, 0.15) is 44.0 Å². The van der Waals surface area contributed by atoms with Gasteiger partial charge in [0.05, 0.1) is 11.7 Å². The van der Waals surface area contributed by atoms with Gasteiger partial charge in [0.1, 0.15) is 6.61 Å². The van der Waals surface area contributed by atoms with E-state index in [0.29, 0.717) is 12.0 Å². The molecule has 2 fully saturated rings. The predicted octanol–water partition coefficient (Wildman–Crippen LogP) is 3.44. The summed E-state index contributed by atoms with van der Waals surface area (Å²) in [7, 11) is 0. The Morgan fingerprint density at radius 3 is 2.54 bits per heavy atom. The van der Waals surface area contributed by atoms with Crippen molar-refractivity contribution in [3.05, 3.63) is 71.8 Å². The number of aliphatic hydroxyl groups is 2. The molecule has 4 aliphatic carbocycles. The number of rotatable bonds is 4. The molecule has 4 aliphatic rings.